The van der Waals surface area contributed by atoms with Crippen molar-refractivity contribution in [2.75, 3.05) is 7.05 Å². The van der Waals surface area contributed by atoms with Crippen LogP contribution in [0.5, 0.6) is 0 Å². The van der Waals surface area contributed by atoms with Gasteiger partial charge in [-0.25, -0.2) is 4.98 Å². The normalized spacial score (nSPS) is 11.0. The van der Waals surface area contributed by atoms with Crippen molar-refractivity contribution >= 4 is 16.9 Å². The minimum Gasteiger partial charge on any atom is -0.333 e. The summed E-state index contributed by atoms with van der Waals surface area (Å²) in [6.45, 7) is 0.454. The Kier molecular flexibility index (Phi) is 3.21. The van der Waals surface area contributed by atoms with Gasteiger partial charge >= 0.3 is 0 Å². The Labute approximate surface area is 122 Å². The molecule has 0 saturated heterocycles. The highest BCUT2D eigenvalue weighted by atomic mass is 16.2. The maximum absolute atomic E-state index is 12.4. The molecule has 1 amide bonds. The van der Waals surface area contributed by atoms with E-state index in [-0.39, 0.29) is 5.91 Å². The third kappa shape index (κ3) is 2.29. The van der Waals surface area contributed by atoms with Gasteiger partial charge in [0.05, 0.1) is 17.6 Å². The zero-order valence-electron chi connectivity index (χ0n) is 12.3. The van der Waals surface area contributed by atoms with Crippen LogP contribution in [0, 0.1) is 0 Å². The van der Waals surface area contributed by atoms with Gasteiger partial charge in [-0.2, -0.15) is 5.10 Å². The molecule has 1 aromatic carbocycles. The topological polar surface area (TPSA) is 56.0 Å². The first-order valence-corrected chi connectivity index (χ1v) is 6.71. The van der Waals surface area contributed by atoms with E-state index in [0.29, 0.717) is 12.2 Å². The summed E-state index contributed by atoms with van der Waals surface area (Å²) in [4.78, 5) is 18.6. The molecule has 0 radical (unpaired) electrons. The number of benzene rings is 1. The lowest BCUT2D eigenvalue weighted by Crippen LogP contribution is -2.29. The van der Waals surface area contributed by atoms with Crippen molar-refractivity contribution in [3.05, 3.63) is 48.0 Å². The van der Waals surface area contributed by atoms with Crippen LogP contribution in [0.1, 0.15) is 16.3 Å². The number of nitrogens with zero attached hydrogens (tertiary/aromatic N) is 5. The van der Waals surface area contributed by atoms with Crippen LogP contribution >= 0.6 is 0 Å². The summed E-state index contributed by atoms with van der Waals surface area (Å²) >= 11 is 0. The van der Waals surface area contributed by atoms with Gasteiger partial charge in [-0.15, -0.1) is 0 Å². The average molecular weight is 283 g/mol. The molecule has 0 N–H and O–H groups in total. The summed E-state index contributed by atoms with van der Waals surface area (Å²) in [6.07, 6.45) is 1.62. The van der Waals surface area contributed by atoms with Gasteiger partial charge < -0.3 is 9.47 Å². The molecule has 3 aromatic rings. The fourth-order valence-corrected chi connectivity index (χ4v) is 2.40. The van der Waals surface area contributed by atoms with E-state index in [1.807, 2.05) is 35.9 Å². The highest BCUT2D eigenvalue weighted by molar-refractivity contribution is 5.92. The Hall–Kier alpha value is -2.63. The highest BCUT2D eigenvalue weighted by Gasteiger charge is 2.17. The Balaban J connectivity index is 1.86. The van der Waals surface area contributed by atoms with Crippen LogP contribution in [0.4, 0.5) is 0 Å². The molecule has 6 heteroatoms. The Morgan fingerprint density at radius 1 is 1.24 bits per heavy atom. The van der Waals surface area contributed by atoms with Gasteiger partial charge in [0.25, 0.3) is 5.91 Å². The van der Waals surface area contributed by atoms with Crippen molar-refractivity contribution in [1.82, 2.24) is 24.2 Å². The lowest BCUT2D eigenvalue weighted by molar-refractivity contribution is 0.0769. The zero-order chi connectivity index (χ0) is 15.0. The average Bonchev–Trinajstić information content (AvgIpc) is 3.03. The quantitative estimate of drug-likeness (QED) is 0.733. The number of hydrogen-bond donors (Lipinski definition) is 0. The van der Waals surface area contributed by atoms with E-state index in [0.717, 1.165) is 16.9 Å². The largest absolute Gasteiger partial charge is 0.333 e. The van der Waals surface area contributed by atoms with Crippen LogP contribution in [-0.4, -0.2) is 37.2 Å². The molecule has 0 spiro atoms. The Morgan fingerprint density at radius 3 is 2.67 bits per heavy atom. The van der Waals surface area contributed by atoms with Crippen molar-refractivity contribution in [3.63, 3.8) is 0 Å². The monoisotopic (exact) mass is 283 g/mol. The van der Waals surface area contributed by atoms with Crippen LogP contribution in [0.2, 0.25) is 0 Å². The van der Waals surface area contributed by atoms with Crippen LogP contribution in [0.15, 0.2) is 36.5 Å². The fraction of sp³-hybridized carbons (Fsp3) is 0.267. The second kappa shape index (κ2) is 5.05. The molecule has 0 saturated carbocycles. The molecule has 2 heterocycles. The minimum absolute atomic E-state index is 0.0675. The van der Waals surface area contributed by atoms with Gasteiger partial charge in [0, 0.05) is 27.3 Å². The van der Waals surface area contributed by atoms with E-state index in [1.54, 1.807) is 35.9 Å². The van der Waals surface area contributed by atoms with Crippen molar-refractivity contribution < 1.29 is 4.79 Å². The van der Waals surface area contributed by atoms with E-state index in [1.165, 1.54) is 0 Å². The SMILES string of the molecule is CN(Cc1nc2ccccc2n1C)C(=O)c1ccnn1C. The Morgan fingerprint density at radius 2 is 2.00 bits per heavy atom. The van der Waals surface area contributed by atoms with Gasteiger partial charge in [-0.3, -0.25) is 9.48 Å². The van der Waals surface area contributed by atoms with Gasteiger partial charge in [-0.05, 0) is 18.2 Å². The standard InChI is InChI=1S/C15H17N5O/c1-18(15(21)13-8-9-16-20(13)3)10-14-17-11-6-4-5-7-12(11)19(14)2/h4-9H,10H2,1-3H3. The Bertz CT molecular complexity index is 801. The van der Waals surface area contributed by atoms with Crippen molar-refractivity contribution in [2.24, 2.45) is 14.1 Å². The first-order valence-electron chi connectivity index (χ1n) is 6.71. The molecule has 6 nitrogen and oxygen atoms in total. The highest BCUT2D eigenvalue weighted by Crippen LogP contribution is 2.15. The van der Waals surface area contributed by atoms with Gasteiger partial charge in [0.1, 0.15) is 11.5 Å². The molecule has 3 rings (SSSR count). The second-order valence-electron chi connectivity index (χ2n) is 5.08. The summed E-state index contributed by atoms with van der Waals surface area (Å²) in [6, 6.07) is 9.66. The number of rotatable bonds is 3. The van der Waals surface area contributed by atoms with Gasteiger partial charge in [0.2, 0.25) is 0 Å². The molecule has 108 valence electrons. The summed E-state index contributed by atoms with van der Waals surface area (Å²) in [5, 5.41) is 4.03. The molecule has 0 fully saturated rings. The van der Waals surface area contributed by atoms with Gasteiger partial charge in [0.15, 0.2) is 0 Å². The van der Waals surface area contributed by atoms with Gasteiger partial charge in [-0.1, -0.05) is 12.1 Å². The third-order valence-electron chi connectivity index (χ3n) is 3.65. The summed E-state index contributed by atoms with van der Waals surface area (Å²) in [5.41, 5.74) is 2.57. The number of fused-ring (bicyclic) bond motifs is 1. The number of carbonyl (C=O) groups excluding carboxylic acids is 1. The number of para-hydroxylation sites is 2. The zero-order valence-corrected chi connectivity index (χ0v) is 12.3. The van der Waals surface area contributed by atoms with E-state index < -0.39 is 0 Å². The number of aromatic nitrogens is 4. The second-order valence-corrected chi connectivity index (χ2v) is 5.08. The molecular weight excluding hydrogens is 266 g/mol. The molecule has 0 unspecified atom stereocenters. The van der Waals surface area contributed by atoms with Crippen molar-refractivity contribution in [3.8, 4) is 0 Å². The number of hydrogen-bond acceptors (Lipinski definition) is 3. The first kappa shape index (κ1) is 13.4. The van der Waals surface area contributed by atoms with E-state index >= 15 is 0 Å². The summed E-state index contributed by atoms with van der Waals surface area (Å²) in [5.74, 6) is 0.788. The van der Waals surface area contributed by atoms with Crippen LogP contribution in [-0.2, 0) is 20.6 Å². The number of aryl methyl sites for hydroxylation is 2. The van der Waals surface area contributed by atoms with E-state index in [2.05, 4.69) is 10.1 Å². The van der Waals surface area contributed by atoms with Crippen LogP contribution in [0.3, 0.4) is 0 Å². The number of amides is 1. The predicted molar refractivity (Wildman–Crippen MR) is 79.7 cm³/mol. The molecular formula is C15H17N5O. The minimum atomic E-state index is -0.0675. The molecule has 2 aromatic heterocycles. The number of imidazole rings is 1. The third-order valence-corrected chi connectivity index (χ3v) is 3.65. The summed E-state index contributed by atoms with van der Waals surface area (Å²) < 4.78 is 3.59. The van der Waals surface area contributed by atoms with Crippen LogP contribution < -0.4 is 0 Å². The smallest absolute Gasteiger partial charge is 0.272 e. The molecule has 0 atom stereocenters. The van der Waals surface area contributed by atoms with Crippen molar-refractivity contribution in [2.45, 2.75) is 6.54 Å². The molecule has 0 bridgehead atoms. The first-order chi connectivity index (χ1) is 10.1. The van der Waals surface area contributed by atoms with E-state index in [9.17, 15) is 4.79 Å². The lowest BCUT2D eigenvalue weighted by atomic mass is 10.3. The maximum atomic E-state index is 12.4. The van der Waals surface area contributed by atoms with Crippen molar-refractivity contribution in [1.29, 1.82) is 0 Å². The lowest BCUT2D eigenvalue weighted by Gasteiger charge is -2.16. The summed E-state index contributed by atoms with van der Waals surface area (Å²) in [7, 11) is 5.50. The van der Waals surface area contributed by atoms with E-state index in [4.69, 9.17) is 0 Å². The molecule has 0 aliphatic heterocycles. The molecule has 0 aliphatic carbocycles. The predicted octanol–water partition coefficient (Wildman–Crippen LogP) is 1.58. The molecule has 21 heavy (non-hydrogen) atoms. The maximum Gasteiger partial charge on any atom is 0.272 e. The fourth-order valence-electron chi connectivity index (χ4n) is 2.40. The van der Waals surface area contributed by atoms with Crippen LogP contribution in [0.25, 0.3) is 11.0 Å². The molecule has 0 aliphatic rings. The number of carbonyl (C=O) groups is 1.